The van der Waals surface area contributed by atoms with Gasteiger partial charge in [0.25, 0.3) is 0 Å². The van der Waals surface area contributed by atoms with Gasteiger partial charge in [0.05, 0.1) is 8.59 Å². The first kappa shape index (κ1) is 9.09. The third-order valence-electron chi connectivity index (χ3n) is 1.73. The highest BCUT2D eigenvalue weighted by Gasteiger charge is 2.10. The molecule has 1 aromatic heterocycles. The summed E-state index contributed by atoms with van der Waals surface area (Å²) in [6, 6.07) is 9.92. The molecule has 13 heavy (non-hydrogen) atoms. The lowest BCUT2D eigenvalue weighted by atomic mass is 10.2. The van der Waals surface area contributed by atoms with Gasteiger partial charge in [0.2, 0.25) is 0 Å². The Balaban J connectivity index is 2.53. The fourth-order valence-corrected chi connectivity index (χ4v) is 1.80. The van der Waals surface area contributed by atoms with Gasteiger partial charge < -0.3 is 4.42 Å². The summed E-state index contributed by atoms with van der Waals surface area (Å²) < 4.78 is 6.31. The van der Waals surface area contributed by atoms with Crippen LogP contribution < -0.4 is 0 Å². The maximum Gasteiger partial charge on any atom is 0.148 e. The van der Waals surface area contributed by atoms with Crippen molar-refractivity contribution in [1.29, 1.82) is 0 Å². The van der Waals surface area contributed by atoms with Crippen LogP contribution >= 0.6 is 34.2 Å². The molecule has 1 nitrogen and oxygen atoms in total. The molecular weight excluding hydrogens is 298 g/mol. The van der Waals surface area contributed by atoms with Gasteiger partial charge in [-0.3, -0.25) is 0 Å². The van der Waals surface area contributed by atoms with Crippen molar-refractivity contribution >= 4 is 34.2 Å². The van der Waals surface area contributed by atoms with Crippen molar-refractivity contribution in [3.05, 3.63) is 45.2 Å². The van der Waals surface area contributed by atoms with Crippen LogP contribution in [0.25, 0.3) is 11.3 Å². The van der Waals surface area contributed by atoms with E-state index in [4.69, 9.17) is 16.0 Å². The molecule has 0 amide bonds. The van der Waals surface area contributed by atoms with E-state index >= 15 is 0 Å². The molecule has 0 fully saturated rings. The summed E-state index contributed by atoms with van der Waals surface area (Å²) in [5, 5.41) is 0.666. The monoisotopic (exact) mass is 304 g/mol. The molecule has 0 aliphatic rings. The van der Waals surface area contributed by atoms with Gasteiger partial charge in [-0.15, -0.1) is 0 Å². The molecule has 0 aliphatic carbocycles. The van der Waals surface area contributed by atoms with Gasteiger partial charge in [-0.2, -0.15) is 0 Å². The first-order chi connectivity index (χ1) is 6.29. The molecule has 1 aromatic carbocycles. The molecule has 3 heteroatoms. The molecule has 0 bridgehead atoms. The van der Waals surface area contributed by atoms with Crippen LogP contribution in [0.3, 0.4) is 0 Å². The molecule has 1 heterocycles. The van der Waals surface area contributed by atoms with E-state index in [1.165, 1.54) is 0 Å². The summed E-state index contributed by atoms with van der Waals surface area (Å²) >= 11 is 8.06. The zero-order valence-electron chi connectivity index (χ0n) is 6.63. The highest BCUT2D eigenvalue weighted by atomic mass is 127. The number of hydrogen-bond acceptors (Lipinski definition) is 1. The predicted molar refractivity (Wildman–Crippen MR) is 61.9 cm³/mol. The third-order valence-corrected chi connectivity index (χ3v) is 3.39. The fraction of sp³-hybridized carbons (Fsp3) is 0. The Hall–Kier alpha value is -0.480. The molecule has 0 unspecified atom stereocenters. The molecule has 0 N–H and O–H groups in total. The number of rotatable bonds is 1. The molecule has 0 spiro atoms. The molecule has 66 valence electrons. The predicted octanol–water partition coefficient (Wildman–Crippen LogP) is 4.20. The van der Waals surface area contributed by atoms with Crippen LogP contribution in [0.5, 0.6) is 0 Å². The van der Waals surface area contributed by atoms with Crippen LogP contribution in [0.2, 0.25) is 5.02 Å². The summed E-state index contributed by atoms with van der Waals surface area (Å²) in [5.41, 5.74) is 1.05. The van der Waals surface area contributed by atoms with Crippen molar-refractivity contribution in [2.45, 2.75) is 0 Å². The smallest absolute Gasteiger partial charge is 0.148 e. The molecule has 2 aromatic rings. The van der Waals surface area contributed by atoms with Crippen LogP contribution in [0, 0.1) is 3.57 Å². The highest BCUT2D eigenvalue weighted by Crippen LogP contribution is 2.31. The van der Waals surface area contributed by atoms with Gasteiger partial charge in [0.15, 0.2) is 0 Å². The van der Waals surface area contributed by atoms with Crippen LogP contribution in [-0.4, -0.2) is 0 Å². The van der Waals surface area contributed by atoms with Crippen molar-refractivity contribution in [3.8, 4) is 11.3 Å². The Labute approximate surface area is 94.8 Å². The summed E-state index contributed by atoms with van der Waals surface area (Å²) in [4.78, 5) is 0. The van der Waals surface area contributed by atoms with E-state index in [9.17, 15) is 0 Å². The van der Waals surface area contributed by atoms with E-state index in [1.807, 2.05) is 30.3 Å². The molecule has 0 atom stereocenters. The number of furan rings is 1. The third kappa shape index (κ3) is 1.74. The molecule has 0 saturated carbocycles. The Morgan fingerprint density at radius 3 is 2.38 bits per heavy atom. The second-order valence-corrected chi connectivity index (χ2v) is 4.08. The zero-order chi connectivity index (χ0) is 9.26. The Morgan fingerprint density at radius 2 is 1.85 bits per heavy atom. The first-order valence-electron chi connectivity index (χ1n) is 3.77. The normalized spacial score (nSPS) is 10.3. The van der Waals surface area contributed by atoms with E-state index in [1.54, 1.807) is 6.26 Å². The van der Waals surface area contributed by atoms with E-state index in [0.717, 1.165) is 14.9 Å². The summed E-state index contributed by atoms with van der Waals surface area (Å²) in [5.74, 6) is 0.839. The number of hydrogen-bond donors (Lipinski definition) is 0. The van der Waals surface area contributed by atoms with Crippen LogP contribution in [-0.2, 0) is 0 Å². The summed E-state index contributed by atoms with van der Waals surface area (Å²) in [6.07, 6.45) is 1.56. The Bertz CT molecular complexity index is 408. The minimum absolute atomic E-state index is 0.666. The lowest BCUT2D eigenvalue weighted by Crippen LogP contribution is -1.75. The summed E-state index contributed by atoms with van der Waals surface area (Å²) in [7, 11) is 0. The first-order valence-corrected chi connectivity index (χ1v) is 5.22. The van der Waals surface area contributed by atoms with Gasteiger partial charge in [-0.1, -0.05) is 41.9 Å². The molecule has 0 aliphatic heterocycles. The molecular formula is C10H6ClIO. The maximum atomic E-state index is 5.88. The van der Waals surface area contributed by atoms with E-state index in [0.29, 0.717) is 5.02 Å². The maximum absolute atomic E-state index is 5.88. The Kier molecular flexibility index (Phi) is 2.60. The average molecular weight is 305 g/mol. The number of halogens is 2. The second-order valence-electron chi connectivity index (χ2n) is 2.59. The van der Waals surface area contributed by atoms with Gasteiger partial charge in [0.1, 0.15) is 12.0 Å². The quantitative estimate of drug-likeness (QED) is 0.720. The van der Waals surface area contributed by atoms with Crippen molar-refractivity contribution in [1.82, 2.24) is 0 Å². The van der Waals surface area contributed by atoms with Gasteiger partial charge >= 0.3 is 0 Å². The van der Waals surface area contributed by atoms with Gasteiger partial charge in [-0.25, -0.2) is 0 Å². The largest absolute Gasteiger partial charge is 0.462 e. The standard InChI is InChI=1S/C10H6ClIO/c11-8-6-13-10(9(8)12)7-4-2-1-3-5-7/h1-6H. The highest BCUT2D eigenvalue weighted by molar-refractivity contribution is 14.1. The van der Waals surface area contributed by atoms with Gasteiger partial charge in [0, 0.05) is 5.56 Å². The van der Waals surface area contributed by atoms with Gasteiger partial charge in [-0.05, 0) is 22.6 Å². The summed E-state index contributed by atoms with van der Waals surface area (Å²) in [6.45, 7) is 0. The van der Waals surface area contributed by atoms with Crippen molar-refractivity contribution in [2.75, 3.05) is 0 Å². The van der Waals surface area contributed by atoms with Crippen molar-refractivity contribution in [3.63, 3.8) is 0 Å². The second kappa shape index (κ2) is 3.72. The lowest BCUT2D eigenvalue weighted by Gasteiger charge is -1.95. The Morgan fingerprint density at radius 1 is 1.15 bits per heavy atom. The van der Waals surface area contributed by atoms with E-state index in [2.05, 4.69) is 22.6 Å². The van der Waals surface area contributed by atoms with Crippen molar-refractivity contribution < 1.29 is 4.42 Å². The topological polar surface area (TPSA) is 13.1 Å². The van der Waals surface area contributed by atoms with Crippen LogP contribution in [0.15, 0.2) is 41.0 Å². The van der Waals surface area contributed by atoms with E-state index < -0.39 is 0 Å². The average Bonchev–Trinajstić information content (AvgIpc) is 2.49. The SMILES string of the molecule is Clc1coc(-c2ccccc2)c1I. The molecule has 0 saturated heterocycles. The fourth-order valence-electron chi connectivity index (χ4n) is 1.11. The van der Waals surface area contributed by atoms with E-state index in [-0.39, 0.29) is 0 Å². The van der Waals surface area contributed by atoms with Crippen molar-refractivity contribution in [2.24, 2.45) is 0 Å². The zero-order valence-corrected chi connectivity index (χ0v) is 9.54. The lowest BCUT2D eigenvalue weighted by molar-refractivity contribution is 0.581. The van der Waals surface area contributed by atoms with Crippen LogP contribution in [0.4, 0.5) is 0 Å². The molecule has 2 rings (SSSR count). The minimum atomic E-state index is 0.666. The number of benzene rings is 1. The minimum Gasteiger partial charge on any atom is -0.462 e. The van der Waals surface area contributed by atoms with Crippen LogP contribution in [0.1, 0.15) is 0 Å². The molecule has 0 radical (unpaired) electrons.